The maximum Gasteiger partial charge on any atom is 0.142 e. The Morgan fingerprint density at radius 2 is 1.79 bits per heavy atom. The van der Waals surface area contributed by atoms with Gasteiger partial charge in [0, 0.05) is 16.8 Å². The Labute approximate surface area is 148 Å². The van der Waals surface area contributed by atoms with E-state index in [-0.39, 0.29) is 11.6 Å². The highest BCUT2D eigenvalue weighted by atomic mass is 79.9. The summed E-state index contributed by atoms with van der Waals surface area (Å²) in [4.78, 5) is 4.34. The Hall–Kier alpha value is -2.84. The first-order chi connectivity index (χ1) is 11.5. The molecule has 0 unspecified atom stereocenters. The molecule has 0 amide bonds. The minimum Gasteiger partial charge on any atom is -0.507 e. The number of nitrogens with zero attached hydrogens (tertiary/aromatic N) is 2. The van der Waals surface area contributed by atoms with E-state index in [9.17, 15) is 10.4 Å². The minimum atomic E-state index is 0.136. The van der Waals surface area contributed by atoms with Crippen LogP contribution in [-0.4, -0.2) is 10.1 Å². The lowest BCUT2D eigenvalue weighted by Crippen LogP contribution is -2.03. The van der Waals surface area contributed by atoms with Gasteiger partial charge >= 0.3 is 0 Å². The molecule has 0 atom stereocenters. The first kappa shape index (κ1) is 16.0. The molecule has 0 spiro atoms. The molecule has 118 valence electrons. The van der Waals surface area contributed by atoms with E-state index >= 15 is 0 Å². The van der Waals surface area contributed by atoms with Gasteiger partial charge in [-0.2, -0.15) is 5.26 Å². The second-order valence-electron chi connectivity index (χ2n) is 5.35. The second kappa shape index (κ2) is 6.34. The number of benzene rings is 2. The summed E-state index contributed by atoms with van der Waals surface area (Å²) in [6.07, 6.45) is 0. The van der Waals surface area contributed by atoms with Crippen molar-refractivity contribution in [3.8, 4) is 34.1 Å². The molecule has 0 radical (unpaired) electrons. The number of rotatable bonds is 2. The van der Waals surface area contributed by atoms with Crippen molar-refractivity contribution in [2.75, 3.05) is 5.73 Å². The summed E-state index contributed by atoms with van der Waals surface area (Å²) in [6, 6.07) is 17.1. The van der Waals surface area contributed by atoms with Crippen molar-refractivity contribution < 1.29 is 5.11 Å². The smallest absolute Gasteiger partial charge is 0.142 e. The number of aromatic nitrogens is 1. The van der Waals surface area contributed by atoms with E-state index in [2.05, 4.69) is 27.0 Å². The Bertz CT molecular complexity index is 963. The van der Waals surface area contributed by atoms with Gasteiger partial charge in [-0.05, 0) is 46.1 Å². The van der Waals surface area contributed by atoms with Crippen molar-refractivity contribution in [3.05, 3.63) is 64.3 Å². The number of halogens is 1. The summed E-state index contributed by atoms with van der Waals surface area (Å²) in [5, 5.41) is 19.4. The highest BCUT2D eigenvalue weighted by Crippen LogP contribution is 2.40. The van der Waals surface area contributed by atoms with Crippen molar-refractivity contribution in [1.82, 2.24) is 4.98 Å². The van der Waals surface area contributed by atoms with Gasteiger partial charge in [0.15, 0.2) is 0 Å². The average molecular weight is 380 g/mol. The second-order valence-corrected chi connectivity index (χ2v) is 6.21. The number of aromatic hydroxyl groups is 1. The predicted molar refractivity (Wildman–Crippen MR) is 98.3 cm³/mol. The fourth-order valence-corrected chi connectivity index (χ4v) is 3.13. The van der Waals surface area contributed by atoms with E-state index in [1.54, 1.807) is 18.2 Å². The van der Waals surface area contributed by atoms with Crippen LogP contribution in [-0.2, 0) is 0 Å². The Balaban J connectivity index is 2.42. The number of hydrogen-bond donors (Lipinski definition) is 2. The van der Waals surface area contributed by atoms with Crippen LogP contribution in [0.25, 0.3) is 22.3 Å². The molecule has 3 aromatic rings. The standard InChI is InChI=1S/C19H14BrN3O/c1-11-17(12-5-3-2-4-6-12)18(14(10-21)19(22)23-11)13-7-8-16(24)15(20)9-13/h2-9,24H,1H3,(H2,22,23). The molecule has 1 heterocycles. The van der Waals surface area contributed by atoms with Gasteiger partial charge in [-0.3, -0.25) is 0 Å². The number of aryl methyl sites for hydroxylation is 1. The van der Waals surface area contributed by atoms with Gasteiger partial charge in [0.25, 0.3) is 0 Å². The van der Waals surface area contributed by atoms with Gasteiger partial charge in [-0.1, -0.05) is 36.4 Å². The molecule has 0 aliphatic carbocycles. The van der Waals surface area contributed by atoms with Crippen LogP contribution in [0.2, 0.25) is 0 Å². The zero-order valence-corrected chi connectivity index (χ0v) is 14.5. The third-order valence-corrected chi connectivity index (χ3v) is 4.45. The molecule has 0 bridgehead atoms. The van der Waals surface area contributed by atoms with Crippen LogP contribution >= 0.6 is 15.9 Å². The topological polar surface area (TPSA) is 82.9 Å². The first-order valence-electron chi connectivity index (χ1n) is 7.27. The van der Waals surface area contributed by atoms with E-state index in [1.807, 2.05) is 37.3 Å². The zero-order chi connectivity index (χ0) is 17.3. The molecule has 5 heteroatoms. The monoisotopic (exact) mass is 379 g/mol. The Morgan fingerprint density at radius 1 is 1.08 bits per heavy atom. The molecule has 0 saturated carbocycles. The molecule has 24 heavy (non-hydrogen) atoms. The van der Waals surface area contributed by atoms with Gasteiger partial charge in [0.1, 0.15) is 23.2 Å². The summed E-state index contributed by atoms with van der Waals surface area (Å²) >= 11 is 3.33. The fourth-order valence-electron chi connectivity index (χ4n) is 2.75. The largest absolute Gasteiger partial charge is 0.507 e. The van der Waals surface area contributed by atoms with E-state index in [0.29, 0.717) is 10.0 Å². The molecule has 0 saturated heterocycles. The van der Waals surface area contributed by atoms with Crippen molar-refractivity contribution >= 4 is 21.7 Å². The summed E-state index contributed by atoms with van der Waals surface area (Å²) in [6.45, 7) is 1.87. The molecule has 3 N–H and O–H groups in total. The highest BCUT2D eigenvalue weighted by molar-refractivity contribution is 9.10. The molecule has 1 aromatic heterocycles. The fraction of sp³-hybridized carbons (Fsp3) is 0.0526. The Morgan fingerprint density at radius 3 is 2.42 bits per heavy atom. The van der Waals surface area contributed by atoms with Crippen molar-refractivity contribution in [2.45, 2.75) is 6.92 Å². The normalized spacial score (nSPS) is 10.4. The number of anilines is 1. The van der Waals surface area contributed by atoms with Crippen LogP contribution in [0.1, 0.15) is 11.3 Å². The maximum absolute atomic E-state index is 9.76. The lowest BCUT2D eigenvalue weighted by molar-refractivity contribution is 0.472. The summed E-state index contributed by atoms with van der Waals surface area (Å²) in [5.74, 6) is 0.339. The van der Waals surface area contributed by atoms with E-state index in [4.69, 9.17) is 5.73 Å². The highest BCUT2D eigenvalue weighted by Gasteiger charge is 2.19. The lowest BCUT2D eigenvalue weighted by atomic mass is 9.90. The molecule has 0 fully saturated rings. The molecular formula is C19H14BrN3O. The van der Waals surface area contributed by atoms with Crippen LogP contribution in [0.4, 0.5) is 5.82 Å². The number of phenols is 1. The zero-order valence-electron chi connectivity index (χ0n) is 12.9. The quantitative estimate of drug-likeness (QED) is 0.678. The van der Waals surface area contributed by atoms with E-state index in [1.165, 1.54) is 0 Å². The van der Waals surface area contributed by atoms with Crippen LogP contribution in [0.15, 0.2) is 53.0 Å². The number of nitriles is 1. The number of hydrogen-bond acceptors (Lipinski definition) is 4. The van der Waals surface area contributed by atoms with Crippen LogP contribution in [0.3, 0.4) is 0 Å². The minimum absolute atomic E-state index is 0.136. The van der Waals surface area contributed by atoms with Gasteiger partial charge in [-0.15, -0.1) is 0 Å². The summed E-state index contributed by atoms with van der Waals surface area (Å²) in [7, 11) is 0. The van der Waals surface area contributed by atoms with Crippen molar-refractivity contribution in [3.63, 3.8) is 0 Å². The van der Waals surface area contributed by atoms with Crippen LogP contribution in [0, 0.1) is 18.3 Å². The van der Waals surface area contributed by atoms with Crippen molar-refractivity contribution in [2.24, 2.45) is 0 Å². The summed E-state index contributed by atoms with van der Waals surface area (Å²) in [5.41, 5.74) is 10.4. The average Bonchev–Trinajstić information content (AvgIpc) is 2.57. The molecular weight excluding hydrogens is 366 g/mol. The number of phenolic OH excluding ortho intramolecular Hbond substituents is 1. The molecule has 0 aliphatic rings. The number of nitrogens with two attached hydrogens (primary N) is 1. The number of pyridine rings is 1. The van der Waals surface area contributed by atoms with E-state index in [0.717, 1.165) is 27.9 Å². The summed E-state index contributed by atoms with van der Waals surface area (Å²) < 4.78 is 0.552. The first-order valence-corrected chi connectivity index (χ1v) is 8.06. The SMILES string of the molecule is Cc1nc(N)c(C#N)c(-c2ccc(O)c(Br)c2)c1-c1ccccc1. The predicted octanol–water partition coefficient (Wildman–Crippen LogP) is 4.65. The van der Waals surface area contributed by atoms with Gasteiger partial charge < -0.3 is 10.8 Å². The molecule has 0 aliphatic heterocycles. The lowest BCUT2D eigenvalue weighted by Gasteiger charge is -2.16. The van der Waals surface area contributed by atoms with Crippen molar-refractivity contribution in [1.29, 1.82) is 5.26 Å². The van der Waals surface area contributed by atoms with Gasteiger partial charge in [0.05, 0.1) is 4.47 Å². The van der Waals surface area contributed by atoms with Gasteiger partial charge in [0.2, 0.25) is 0 Å². The molecule has 3 rings (SSSR count). The third kappa shape index (κ3) is 2.72. The molecule has 4 nitrogen and oxygen atoms in total. The Kier molecular flexibility index (Phi) is 4.24. The van der Waals surface area contributed by atoms with Crippen LogP contribution in [0.5, 0.6) is 5.75 Å². The maximum atomic E-state index is 9.76. The number of nitrogen functional groups attached to an aromatic ring is 1. The third-order valence-electron chi connectivity index (χ3n) is 3.82. The van der Waals surface area contributed by atoms with Crippen LogP contribution < -0.4 is 5.73 Å². The molecule has 2 aromatic carbocycles. The van der Waals surface area contributed by atoms with Gasteiger partial charge in [-0.25, -0.2) is 4.98 Å². The van der Waals surface area contributed by atoms with E-state index < -0.39 is 0 Å².